The smallest absolute Gasteiger partial charge is 0.427 e. The Morgan fingerprint density at radius 1 is 0.385 bits per heavy atom. The molecule has 13 heavy (non-hydrogen) atoms. The van der Waals surface area contributed by atoms with Gasteiger partial charge in [-0.05, 0) is 0 Å². The Bertz CT molecular complexity index is 43.4. The van der Waals surface area contributed by atoms with Gasteiger partial charge in [-0.25, -0.2) is 0 Å². The first-order valence-electron chi connectivity index (χ1n) is 1.39. The van der Waals surface area contributed by atoms with Gasteiger partial charge < -0.3 is 30.9 Å². The Hall–Kier alpha value is 3.08. The molecule has 9 nitrogen and oxygen atoms in total. The molecule has 0 amide bonds. The van der Waals surface area contributed by atoms with Gasteiger partial charge in [0.25, 0.3) is 63.2 Å². The van der Waals surface area contributed by atoms with Crippen LogP contribution in [-0.2, 0) is 0 Å². The molecule has 0 rings (SSSR count). The van der Waals surface area contributed by atoms with Crippen molar-refractivity contribution in [2.24, 2.45) is 0 Å². The van der Waals surface area contributed by atoms with E-state index >= 15 is 0 Å². The van der Waals surface area contributed by atoms with Crippen LogP contribution in [0, 0.1) is 37.3 Å². The molecule has 0 aliphatic carbocycles. The summed E-state index contributed by atoms with van der Waals surface area (Å²) in [6.07, 6.45) is 0. The van der Waals surface area contributed by atoms with Crippen LogP contribution in [-0.4, -0.2) is 0 Å². The largest absolute Gasteiger partial charge is 3.00 e. The summed E-state index contributed by atoms with van der Waals surface area (Å²) in [5.74, 6) is 0. The number of hydrogen-bond acceptors (Lipinski definition) is 9. The predicted molar refractivity (Wildman–Crippen MR) is 0 cm³/mol. The fourth-order valence-corrected chi connectivity index (χ4v) is 0. The van der Waals surface area contributed by atoms with Gasteiger partial charge in [0, 0.05) is 0 Å². The van der Waals surface area contributed by atoms with Crippen molar-refractivity contribution in [3.8, 4) is 0 Å². The summed E-state index contributed by atoms with van der Waals surface area (Å²) >= 11 is -12.0. The van der Waals surface area contributed by atoms with Crippen LogP contribution in [0.3, 0.4) is 0 Å². The van der Waals surface area contributed by atoms with Crippen molar-refractivity contribution in [1.82, 2.24) is 0 Å². The molecule has 0 fully saturated rings. The van der Waals surface area contributed by atoms with E-state index in [-0.39, 0.29) is 37.3 Å². The first-order valence-corrected chi connectivity index (χ1v) is 9.32. The fraction of sp³-hybridized carbons (Fsp3) is 0. The summed E-state index contributed by atoms with van der Waals surface area (Å²) in [6, 6.07) is 0. The molecule has 0 aromatic carbocycles. The molecular weight excluding hydrogens is 692 g/mol. The summed E-state index contributed by atoms with van der Waals surface area (Å²) in [5, 5.41) is 0. The molecule has 0 aliphatic rings. The van der Waals surface area contributed by atoms with E-state index in [4.69, 9.17) is 30.9 Å². The minimum atomic E-state index is -4.01. The normalized spacial score (nSPS) is 8.31. The first kappa shape index (κ1) is 25.1. The second-order valence-corrected chi connectivity index (χ2v) is 3.80. The van der Waals surface area contributed by atoms with Gasteiger partial charge in [0.1, 0.15) is 0 Å². The maximum atomic E-state index is 8.57. The van der Waals surface area contributed by atoms with Crippen molar-refractivity contribution in [1.29, 1.82) is 0 Å². The molecule has 0 spiro atoms. The molecule has 0 aliphatic heterocycles. The Balaban J connectivity index is -0.0000000450. The second-order valence-electron chi connectivity index (χ2n) is 0.567. The third-order valence-corrected chi connectivity index (χ3v) is 0. The maximum Gasteiger partial charge on any atom is 3.00 e. The molecule has 87 valence electrons. The topological polar surface area (TPSA) is 208 Å². The van der Waals surface area contributed by atoms with E-state index < -0.39 is 63.2 Å². The molecule has 0 saturated heterocycles. The minimum absolute atomic E-state index is 0. The minimum Gasteiger partial charge on any atom is -0.427 e. The molecule has 0 N–H and O–H groups in total. The SMILES string of the molecule is [Er+3].[O-][I+2]([O-])[O-].[O-][I+2]([O-])[O-].[O-][I+2]([O-])[O-]. The van der Waals surface area contributed by atoms with E-state index in [1.807, 2.05) is 0 Å². The summed E-state index contributed by atoms with van der Waals surface area (Å²) in [7, 11) is 0. The fourth-order valence-electron chi connectivity index (χ4n) is 0. The van der Waals surface area contributed by atoms with Crippen molar-refractivity contribution < 1.29 is 131 Å². The molecule has 0 aromatic heterocycles. The Kier molecular flexibility index (Phi) is 39.5. The van der Waals surface area contributed by atoms with Gasteiger partial charge >= 0.3 is 37.3 Å². The van der Waals surface area contributed by atoms with Crippen LogP contribution < -0.4 is 94.1 Å². The van der Waals surface area contributed by atoms with Crippen molar-refractivity contribution in [3.63, 3.8) is 0 Å². The molecule has 13 heteroatoms. The van der Waals surface area contributed by atoms with Crippen LogP contribution in [0.4, 0.5) is 0 Å². The van der Waals surface area contributed by atoms with Gasteiger partial charge in [-0.15, -0.1) is 0 Å². The van der Waals surface area contributed by atoms with Gasteiger partial charge in [0.15, 0.2) is 0 Å². The first-order chi connectivity index (χ1) is 5.20. The molecule has 0 bridgehead atoms. The van der Waals surface area contributed by atoms with Gasteiger partial charge in [0.2, 0.25) is 0 Å². The molecule has 0 unspecified atom stereocenters. The van der Waals surface area contributed by atoms with Crippen molar-refractivity contribution in [3.05, 3.63) is 0 Å². The molecule has 0 atom stereocenters. The quantitative estimate of drug-likeness (QED) is 0.221. The molecule has 0 saturated carbocycles. The summed E-state index contributed by atoms with van der Waals surface area (Å²) < 4.78 is 77.2. The summed E-state index contributed by atoms with van der Waals surface area (Å²) in [6.45, 7) is 0. The van der Waals surface area contributed by atoms with Crippen LogP contribution >= 0.6 is 0 Å². The zero-order valence-electron chi connectivity index (χ0n) is 5.10. The summed E-state index contributed by atoms with van der Waals surface area (Å²) in [4.78, 5) is 0. The van der Waals surface area contributed by atoms with Gasteiger partial charge in [0.05, 0.1) is 0 Å². The molecular formula is ErI3O9. The zero-order valence-corrected chi connectivity index (χ0v) is 13.4. The van der Waals surface area contributed by atoms with Crippen LogP contribution in [0.25, 0.3) is 0 Å². The average Bonchev–Trinajstić information content (AvgIpc) is 1.54. The molecule has 0 aromatic rings. The standard InChI is InChI=1S/Er.3IO3/c;3*2-1(3)4/q+3;3*-1. The molecule has 1 radical (unpaired) electrons. The van der Waals surface area contributed by atoms with Crippen LogP contribution in [0.1, 0.15) is 0 Å². The van der Waals surface area contributed by atoms with Gasteiger partial charge in [-0.3, -0.25) is 0 Å². The monoisotopic (exact) mass is 691 g/mol. The van der Waals surface area contributed by atoms with E-state index in [2.05, 4.69) is 0 Å². The van der Waals surface area contributed by atoms with Gasteiger partial charge in [-0.2, -0.15) is 0 Å². The van der Waals surface area contributed by atoms with Crippen molar-refractivity contribution in [2.45, 2.75) is 0 Å². The van der Waals surface area contributed by atoms with Crippen molar-refractivity contribution >= 4 is 0 Å². The number of rotatable bonds is 0. The Morgan fingerprint density at radius 2 is 0.385 bits per heavy atom. The van der Waals surface area contributed by atoms with Crippen LogP contribution in [0.5, 0.6) is 0 Å². The van der Waals surface area contributed by atoms with E-state index in [1.54, 1.807) is 0 Å². The predicted octanol–water partition coefficient (Wildman–Crippen LogP) is -19.7. The maximum absolute atomic E-state index is 8.57. The van der Waals surface area contributed by atoms with Crippen LogP contribution in [0.2, 0.25) is 0 Å². The van der Waals surface area contributed by atoms with E-state index in [1.165, 1.54) is 0 Å². The summed E-state index contributed by atoms with van der Waals surface area (Å²) in [5.41, 5.74) is 0. The number of hydrogen-bond donors (Lipinski definition) is 0. The zero-order chi connectivity index (χ0) is 10.7. The third-order valence-electron chi connectivity index (χ3n) is 0. The average molecular weight is 692 g/mol. The van der Waals surface area contributed by atoms with E-state index in [9.17, 15) is 0 Å². The van der Waals surface area contributed by atoms with Crippen LogP contribution in [0.15, 0.2) is 0 Å². The van der Waals surface area contributed by atoms with E-state index in [0.29, 0.717) is 0 Å². The molecule has 0 heterocycles. The number of halogens is 3. The second kappa shape index (κ2) is 20.5. The Labute approximate surface area is 129 Å². The van der Waals surface area contributed by atoms with E-state index in [0.717, 1.165) is 0 Å². The Morgan fingerprint density at radius 3 is 0.385 bits per heavy atom. The third kappa shape index (κ3) is 272. The van der Waals surface area contributed by atoms with Crippen molar-refractivity contribution in [2.75, 3.05) is 0 Å². The van der Waals surface area contributed by atoms with Gasteiger partial charge in [-0.1, -0.05) is 0 Å².